The number of rotatable bonds is 7. The highest BCUT2D eigenvalue weighted by Crippen LogP contribution is 2.28. The minimum absolute atomic E-state index is 0.151. The van der Waals surface area contributed by atoms with Crippen molar-refractivity contribution in [3.05, 3.63) is 52.8 Å². The molecule has 0 saturated carbocycles. The van der Waals surface area contributed by atoms with Crippen LogP contribution in [-0.2, 0) is 10.0 Å². The van der Waals surface area contributed by atoms with Crippen molar-refractivity contribution in [3.8, 4) is 11.5 Å². The first-order valence-electron chi connectivity index (χ1n) is 7.03. The van der Waals surface area contributed by atoms with Crippen LogP contribution in [0.2, 0.25) is 0 Å². The van der Waals surface area contributed by atoms with Crippen molar-refractivity contribution in [2.24, 2.45) is 0 Å². The molecule has 2 aromatic carbocycles. The molecule has 24 heavy (non-hydrogen) atoms. The normalized spacial score (nSPS) is 11.5. The standard InChI is InChI=1S/C16H17BrFNO4S/c1-19(9-10-23-13-5-3-12(18)4-6-13)24(20,21)14-7-8-16(22-2)15(17)11-14/h3-8,11H,9-10H2,1-2H3. The van der Waals surface area contributed by atoms with Crippen LogP contribution in [0.4, 0.5) is 4.39 Å². The summed E-state index contributed by atoms with van der Waals surface area (Å²) in [6.07, 6.45) is 0. The third kappa shape index (κ3) is 4.46. The summed E-state index contributed by atoms with van der Waals surface area (Å²) in [7, 11) is -0.659. The molecule has 0 saturated heterocycles. The fourth-order valence-corrected chi connectivity index (χ4v) is 3.80. The second kappa shape index (κ2) is 7.96. The molecule has 0 spiro atoms. The highest BCUT2D eigenvalue weighted by atomic mass is 79.9. The Morgan fingerprint density at radius 2 is 1.83 bits per heavy atom. The summed E-state index contributed by atoms with van der Waals surface area (Å²) in [6.45, 7) is 0.308. The predicted octanol–water partition coefficient (Wildman–Crippen LogP) is 3.30. The molecule has 0 N–H and O–H groups in total. The van der Waals surface area contributed by atoms with E-state index in [1.54, 1.807) is 6.07 Å². The van der Waals surface area contributed by atoms with E-state index in [1.165, 1.54) is 54.9 Å². The van der Waals surface area contributed by atoms with Crippen molar-refractivity contribution in [2.45, 2.75) is 4.90 Å². The van der Waals surface area contributed by atoms with Crippen LogP contribution in [0.1, 0.15) is 0 Å². The van der Waals surface area contributed by atoms with Gasteiger partial charge < -0.3 is 9.47 Å². The van der Waals surface area contributed by atoms with Crippen molar-refractivity contribution in [2.75, 3.05) is 27.3 Å². The number of hydrogen-bond donors (Lipinski definition) is 0. The van der Waals surface area contributed by atoms with Crippen LogP contribution in [0.3, 0.4) is 0 Å². The Bertz CT molecular complexity index is 796. The quantitative estimate of drug-likeness (QED) is 0.693. The number of benzene rings is 2. The van der Waals surface area contributed by atoms with Crippen LogP contribution in [0.15, 0.2) is 51.8 Å². The van der Waals surface area contributed by atoms with Crippen molar-refractivity contribution in [1.82, 2.24) is 4.31 Å². The van der Waals surface area contributed by atoms with Crippen LogP contribution in [-0.4, -0.2) is 40.0 Å². The molecule has 8 heteroatoms. The van der Waals surface area contributed by atoms with E-state index in [-0.39, 0.29) is 23.9 Å². The average molecular weight is 418 g/mol. The second-order valence-electron chi connectivity index (χ2n) is 4.93. The van der Waals surface area contributed by atoms with E-state index in [2.05, 4.69) is 15.9 Å². The summed E-state index contributed by atoms with van der Waals surface area (Å²) in [5.74, 6) is 0.678. The molecular formula is C16H17BrFNO4S. The van der Waals surface area contributed by atoms with Gasteiger partial charge in [-0.25, -0.2) is 12.8 Å². The van der Waals surface area contributed by atoms with Crippen molar-refractivity contribution in [3.63, 3.8) is 0 Å². The molecule has 0 radical (unpaired) electrons. The number of halogens is 2. The summed E-state index contributed by atoms with van der Waals surface area (Å²) in [6, 6.07) is 10.1. The minimum atomic E-state index is -3.64. The molecule has 0 aliphatic rings. The van der Waals surface area contributed by atoms with E-state index >= 15 is 0 Å². The maximum Gasteiger partial charge on any atom is 0.242 e. The van der Waals surface area contributed by atoms with Crippen molar-refractivity contribution >= 4 is 26.0 Å². The van der Waals surface area contributed by atoms with Gasteiger partial charge in [0.05, 0.1) is 16.5 Å². The van der Waals surface area contributed by atoms with Crippen LogP contribution < -0.4 is 9.47 Å². The van der Waals surface area contributed by atoms with Gasteiger partial charge in [0.1, 0.15) is 23.9 Å². The van der Waals surface area contributed by atoms with Crippen LogP contribution >= 0.6 is 15.9 Å². The van der Waals surface area contributed by atoms with Crippen LogP contribution in [0, 0.1) is 5.82 Å². The Morgan fingerprint density at radius 3 is 2.42 bits per heavy atom. The Morgan fingerprint density at radius 1 is 1.17 bits per heavy atom. The third-order valence-corrected chi connectivity index (χ3v) is 5.79. The summed E-state index contributed by atoms with van der Waals surface area (Å²) >= 11 is 3.27. The van der Waals surface area contributed by atoms with E-state index in [0.29, 0.717) is 16.0 Å². The maximum atomic E-state index is 12.8. The lowest BCUT2D eigenvalue weighted by atomic mass is 10.3. The lowest BCUT2D eigenvalue weighted by molar-refractivity contribution is 0.286. The van der Waals surface area contributed by atoms with Gasteiger partial charge in [-0.1, -0.05) is 0 Å². The molecule has 0 amide bonds. The van der Waals surface area contributed by atoms with E-state index in [4.69, 9.17) is 9.47 Å². The smallest absolute Gasteiger partial charge is 0.242 e. The second-order valence-corrected chi connectivity index (χ2v) is 7.82. The molecule has 0 aliphatic carbocycles. The zero-order valence-electron chi connectivity index (χ0n) is 13.2. The fourth-order valence-electron chi connectivity index (χ4n) is 1.93. The summed E-state index contributed by atoms with van der Waals surface area (Å²) in [5.41, 5.74) is 0. The van der Waals surface area contributed by atoms with Gasteiger partial charge in [-0.15, -0.1) is 0 Å². The molecule has 0 fully saturated rings. The lowest BCUT2D eigenvalue weighted by Crippen LogP contribution is -2.31. The minimum Gasteiger partial charge on any atom is -0.496 e. The number of nitrogens with zero attached hydrogens (tertiary/aromatic N) is 1. The van der Waals surface area contributed by atoms with Gasteiger partial charge in [-0.2, -0.15) is 4.31 Å². The number of ether oxygens (including phenoxy) is 2. The third-order valence-electron chi connectivity index (χ3n) is 3.32. The molecule has 0 aromatic heterocycles. The SMILES string of the molecule is COc1ccc(S(=O)(=O)N(C)CCOc2ccc(F)cc2)cc1Br. The molecule has 0 bridgehead atoms. The molecule has 5 nitrogen and oxygen atoms in total. The highest BCUT2D eigenvalue weighted by Gasteiger charge is 2.21. The first-order chi connectivity index (χ1) is 11.3. The average Bonchev–Trinajstić information content (AvgIpc) is 2.56. The molecule has 2 rings (SSSR count). The maximum absolute atomic E-state index is 12.8. The van der Waals surface area contributed by atoms with Gasteiger partial charge >= 0.3 is 0 Å². The molecule has 0 atom stereocenters. The largest absolute Gasteiger partial charge is 0.496 e. The monoisotopic (exact) mass is 417 g/mol. The topological polar surface area (TPSA) is 55.8 Å². The summed E-state index contributed by atoms with van der Waals surface area (Å²) < 4.78 is 50.1. The van der Waals surface area contributed by atoms with Gasteiger partial charge in [-0.05, 0) is 58.4 Å². The van der Waals surface area contributed by atoms with Gasteiger partial charge in [0.2, 0.25) is 10.0 Å². The number of likely N-dealkylation sites (N-methyl/N-ethyl adjacent to an activating group) is 1. The molecule has 0 unspecified atom stereocenters. The van der Waals surface area contributed by atoms with Gasteiger partial charge in [0.25, 0.3) is 0 Å². The van der Waals surface area contributed by atoms with E-state index < -0.39 is 10.0 Å². The van der Waals surface area contributed by atoms with Crippen molar-refractivity contribution < 1.29 is 22.3 Å². The van der Waals surface area contributed by atoms with E-state index in [0.717, 1.165) is 0 Å². The molecule has 130 valence electrons. The Kier molecular flexibility index (Phi) is 6.20. The summed E-state index contributed by atoms with van der Waals surface area (Å²) in [4.78, 5) is 0.152. The lowest BCUT2D eigenvalue weighted by Gasteiger charge is -2.18. The van der Waals surface area contributed by atoms with Gasteiger partial charge in [-0.3, -0.25) is 0 Å². The van der Waals surface area contributed by atoms with Gasteiger partial charge in [0.15, 0.2) is 0 Å². The van der Waals surface area contributed by atoms with E-state index in [1.807, 2.05) is 0 Å². The Hall–Kier alpha value is -1.64. The molecule has 0 heterocycles. The Labute approximate surface area is 149 Å². The number of hydrogen-bond acceptors (Lipinski definition) is 4. The molecule has 0 aliphatic heterocycles. The first-order valence-corrected chi connectivity index (χ1v) is 9.26. The van der Waals surface area contributed by atoms with Crippen molar-refractivity contribution in [1.29, 1.82) is 0 Å². The number of sulfonamides is 1. The zero-order chi connectivity index (χ0) is 17.7. The summed E-state index contributed by atoms with van der Waals surface area (Å²) in [5, 5.41) is 0. The number of methoxy groups -OCH3 is 1. The van der Waals surface area contributed by atoms with Crippen LogP contribution in [0.25, 0.3) is 0 Å². The highest BCUT2D eigenvalue weighted by molar-refractivity contribution is 9.10. The molecule has 2 aromatic rings. The zero-order valence-corrected chi connectivity index (χ0v) is 15.6. The Balaban J connectivity index is 2.00. The van der Waals surface area contributed by atoms with Crippen LogP contribution in [0.5, 0.6) is 11.5 Å². The first kappa shape index (κ1) is 18.7. The van der Waals surface area contributed by atoms with Gasteiger partial charge in [0, 0.05) is 13.6 Å². The molecular weight excluding hydrogens is 401 g/mol. The fraction of sp³-hybridized carbons (Fsp3) is 0.250. The van der Waals surface area contributed by atoms with E-state index in [9.17, 15) is 12.8 Å². The predicted molar refractivity (Wildman–Crippen MR) is 92.4 cm³/mol.